The van der Waals surface area contributed by atoms with Crippen LogP contribution < -0.4 is 0 Å². The van der Waals surface area contributed by atoms with Crippen LogP contribution in [0.2, 0.25) is 0 Å². The molecule has 1 saturated carbocycles. The highest BCUT2D eigenvalue weighted by Crippen LogP contribution is 2.47. The molecule has 1 nitrogen and oxygen atoms in total. The number of hydrogen-bond acceptors (Lipinski definition) is 1. The van der Waals surface area contributed by atoms with E-state index >= 15 is 0 Å². The average Bonchev–Trinajstić information content (AvgIpc) is 2.46. The van der Waals surface area contributed by atoms with Crippen molar-refractivity contribution in [3.05, 3.63) is 12.2 Å². The van der Waals surface area contributed by atoms with Crippen LogP contribution in [0, 0.1) is 23.7 Å². The number of allylic oxidation sites excluding steroid dienone is 2. The topological polar surface area (TPSA) is 20.2 Å². The standard InChI is InChI=1S/C9H14O/c1-6-7-2-3-8(4-7)9(6)5-10/h2-3,6-10H,4-5H2,1H3/t6-,7?,8?,9-/m0/s1. The van der Waals surface area contributed by atoms with Crippen molar-refractivity contribution >= 4 is 0 Å². The first-order valence-corrected chi connectivity index (χ1v) is 4.12. The molecule has 0 aromatic rings. The zero-order valence-corrected chi connectivity index (χ0v) is 6.33. The largest absolute Gasteiger partial charge is 0.396 e. The van der Waals surface area contributed by atoms with Crippen LogP contribution in [-0.4, -0.2) is 11.7 Å². The van der Waals surface area contributed by atoms with Crippen molar-refractivity contribution in [1.29, 1.82) is 0 Å². The normalized spacial score (nSPS) is 50.6. The van der Waals surface area contributed by atoms with Gasteiger partial charge in [0.25, 0.3) is 0 Å². The lowest BCUT2D eigenvalue weighted by Gasteiger charge is -2.21. The molecule has 2 unspecified atom stereocenters. The molecule has 2 aliphatic carbocycles. The molecule has 0 aliphatic heterocycles. The molecular weight excluding hydrogens is 124 g/mol. The fraction of sp³-hybridized carbons (Fsp3) is 0.778. The van der Waals surface area contributed by atoms with Gasteiger partial charge in [-0.3, -0.25) is 0 Å². The van der Waals surface area contributed by atoms with Crippen molar-refractivity contribution in [2.75, 3.05) is 6.61 Å². The smallest absolute Gasteiger partial charge is 0.0467 e. The first kappa shape index (κ1) is 6.41. The Morgan fingerprint density at radius 3 is 2.50 bits per heavy atom. The fourth-order valence-electron chi connectivity index (χ4n) is 2.47. The van der Waals surface area contributed by atoms with Gasteiger partial charge in [0.15, 0.2) is 0 Å². The van der Waals surface area contributed by atoms with E-state index in [-0.39, 0.29) is 0 Å². The van der Waals surface area contributed by atoms with Crippen molar-refractivity contribution in [2.24, 2.45) is 23.7 Å². The fourth-order valence-corrected chi connectivity index (χ4v) is 2.47. The molecular formula is C9H14O. The third kappa shape index (κ3) is 0.671. The van der Waals surface area contributed by atoms with Crippen molar-refractivity contribution in [1.82, 2.24) is 0 Å². The molecule has 1 heteroatoms. The van der Waals surface area contributed by atoms with E-state index < -0.39 is 0 Å². The highest BCUT2D eigenvalue weighted by Gasteiger charge is 2.40. The minimum absolute atomic E-state index is 0.382. The van der Waals surface area contributed by atoms with Crippen LogP contribution >= 0.6 is 0 Å². The Balaban J connectivity index is 2.18. The van der Waals surface area contributed by atoms with Gasteiger partial charge in [0, 0.05) is 6.61 Å². The van der Waals surface area contributed by atoms with Crippen molar-refractivity contribution in [3.8, 4) is 0 Å². The molecule has 56 valence electrons. The molecule has 1 N–H and O–H groups in total. The van der Waals surface area contributed by atoms with Crippen LogP contribution in [0.5, 0.6) is 0 Å². The molecule has 0 heterocycles. The van der Waals surface area contributed by atoms with Gasteiger partial charge >= 0.3 is 0 Å². The van der Waals surface area contributed by atoms with E-state index in [0.29, 0.717) is 18.4 Å². The minimum Gasteiger partial charge on any atom is -0.396 e. The number of rotatable bonds is 1. The van der Waals surface area contributed by atoms with E-state index in [9.17, 15) is 0 Å². The lowest BCUT2D eigenvalue weighted by molar-refractivity contribution is 0.172. The Kier molecular flexibility index (Phi) is 1.34. The second-order valence-electron chi connectivity index (χ2n) is 3.65. The number of hydrogen-bond donors (Lipinski definition) is 1. The van der Waals surface area contributed by atoms with Gasteiger partial charge in [-0.25, -0.2) is 0 Å². The Labute approximate surface area is 61.8 Å². The van der Waals surface area contributed by atoms with Crippen LogP contribution in [-0.2, 0) is 0 Å². The van der Waals surface area contributed by atoms with E-state index in [1.165, 1.54) is 6.42 Å². The third-order valence-corrected chi connectivity index (χ3v) is 3.26. The molecule has 10 heavy (non-hydrogen) atoms. The number of fused-ring (bicyclic) bond motifs is 2. The Bertz CT molecular complexity index is 162. The molecule has 0 aromatic carbocycles. The lowest BCUT2D eigenvalue weighted by Crippen LogP contribution is -2.19. The molecule has 4 atom stereocenters. The van der Waals surface area contributed by atoms with Gasteiger partial charge in [0.1, 0.15) is 0 Å². The van der Waals surface area contributed by atoms with E-state index in [0.717, 1.165) is 11.8 Å². The Hall–Kier alpha value is -0.300. The molecule has 2 rings (SSSR count). The van der Waals surface area contributed by atoms with Crippen LogP contribution in [0.25, 0.3) is 0 Å². The molecule has 0 radical (unpaired) electrons. The van der Waals surface area contributed by atoms with Gasteiger partial charge in [-0.05, 0) is 30.1 Å². The van der Waals surface area contributed by atoms with Crippen LogP contribution in [0.3, 0.4) is 0 Å². The minimum atomic E-state index is 0.382. The predicted molar refractivity (Wildman–Crippen MR) is 40.5 cm³/mol. The number of aliphatic hydroxyl groups is 1. The second kappa shape index (κ2) is 2.09. The Morgan fingerprint density at radius 1 is 1.40 bits per heavy atom. The van der Waals surface area contributed by atoms with Crippen molar-refractivity contribution < 1.29 is 5.11 Å². The summed E-state index contributed by atoms with van der Waals surface area (Å²) in [6, 6.07) is 0. The van der Waals surface area contributed by atoms with Gasteiger partial charge in [0.05, 0.1) is 0 Å². The van der Waals surface area contributed by atoms with E-state index in [1.54, 1.807) is 0 Å². The zero-order valence-electron chi connectivity index (χ0n) is 6.33. The summed E-state index contributed by atoms with van der Waals surface area (Å²) in [6.45, 7) is 2.64. The summed E-state index contributed by atoms with van der Waals surface area (Å²) in [5.41, 5.74) is 0. The summed E-state index contributed by atoms with van der Waals surface area (Å²) in [6.07, 6.45) is 5.90. The van der Waals surface area contributed by atoms with Crippen molar-refractivity contribution in [3.63, 3.8) is 0 Å². The second-order valence-corrected chi connectivity index (χ2v) is 3.65. The first-order chi connectivity index (χ1) is 4.83. The summed E-state index contributed by atoms with van der Waals surface area (Å²) in [4.78, 5) is 0. The van der Waals surface area contributed by atoms with E-state index in [2.05, 4.69) is 19.1 Å². The summed E-state index contributed by atoms with van der Waals surface area (Å²) in [5, 5.41) is 9.02. The summed E-state index contributed by atoms with van der Waals surface area (Å²) in [7, 11) is 0. The molecule has 2 aliphatic rings. The maximum atomic E-state index is 9.02. The predicted octanol–water partition coefficient (Wildman–Crippen LogP) is 1.44. The molecule has 1 fully saturated rings. The highest BCUT2D eigenvalue weighted by molar-refractivity contribution is 5.12. The molecule has 2 bridgehead atoms. The van der Waals surface area contributed by atoms with E-state index in [4.69, 9.17) is 5.11 Å². The summed E-state index contributed by atoms with van der Waals surface area (Å²) < 4.78 is 0. The van der Waals surface area contributed by atoms with Gasteiger partial charge in [0.2, 0.25) is 0 Å². The lowest BCUT2D eigenvalue weighted by atomic mass is 9.85. The van der Waals surface area contributed by atoms with Gasteiger partial charge < -0.3 is 5.11 Å². The quantitative estimate of drug-likeness (QED) is 0.543. The van der Waals surface area contributed by atoms with Gasteiger partial charge in [-0.1, -0.05) is 19.1 Å². The van der Waals surface area contributed by atoms with Gasteiger partial charge in [-0.2, -0.15) is 0 Å². The Morgan fingerprint density at radius 2 is 2.10 bits per heavy atom. The maximum Gasteiger partial charge on any atom is 0.0467 e. The molecule has 0 aromatic heterocycles. The van der Waals surface area contributed by atoms with Crippen LogP contribution in [0.4, 0.5) is 0 Å². The molecule has 0 spiro atoms. The van der Waals surface area contributed by atoms with Crippen LogP contribution in [0.15, 0.2) is 12.2 Å². The van der Waals surface area contributed by atoms with Crippen molar-refractivity contribution in [2.45, 2.75) is 13.3 Å². The molecule has 0 amide bonds. The first-order valence-electron chi connectivity index (χ1n) is 4.12. The SMILES string of the molecule is C[C@H]1C2C=CC(C2)[C@H]1CO. The van der Waals surface area contributed by atoms with Gasteiger partial charge in [-0.15, -0.1) is 0 Å². The average molecular weight is 138 g/mol. The molecule has 0 saturated heterocycles. The number of aliphatic hydroxyl groups excluding tert-OH is 1. The highest BCUT2D eigenvalue weighted by atomic mass is 16.3. The summed E-state index contributed by atoms with van der Waals surface area (Å²) >= 11 is 0. The van der Waals surface area contributed by atoms with E-state index in [1.807, 2.05) is 0 Å². The maximum absolute atomic E-state index is 9.02. The van der Waals surface area contributed by atoms with Crippen LogP contribution in [0.1, 0.15) is 13.3 Å². The monoisotopic (exact) mass is 138 g/mol. The zero-order chi connectivity index (χ0) is 7.14. The summed E-state index contributed by atoms with van der Waals surface area (Å²) in [5.74, 6) is 2.77. The third-order valence-electron chi connectivity index (χ3n) is 3.26.